The van der Waals surface area contributed by atoms with Crippen molar-refractivity contribution in [3.05, 3.63) is 36.5 Å². The average molecular weight is 885 g/mol. The third-order valence-corrected chi connectivity index (χ3v) is 12.1. The van der Waals surface area contributed by atoms with Crippen LogP contribution in [0.3, 0.4) is 0 Å². The summed E-state index contributed by atoms with van der Waals surface area (Å²) in [5.74, 6) is -0.869. The molecule has 1 unspecified atom stereocenters. The van der Waals surface area contributed by atoms with Crippen molar-refractivity contribution in [1.82, 2.24) is 0 Å². The third kappa shape index (κ3) is 50.5. The fourth-order valence-corrected chi connectivity index (χ4v) is 7.98. The molecule has 1 atom stereocenters. The van der Waals surface area contributed by atoms with E-state index in [0.717, 1.165) is 77.0 Å². The van der Waals surface area contributed by atoms with Crippen molar-refractivity contribution in [3.63, 3.8) is 0 Å². The zero-order chi connectivity index (χ0) is 45.8. The number of ether oxygens (including phenoxy) is 3. The van der Waals surface area contributed by atoms with Crippen molar-refractivity contribution in [1.29, 1.82) is 0 Å². The maximum absolute atomic E-state index is 12.8. The van der Waals surface area contributed by atoms with Gasteiger partial charge >= 0.3 is 17.9 Å². The average Bonchev–Trinajstić information content (AvgIpc) is 3.28. The Bertz CT molecular complexity index is 1060. The summed E-state index contributed by atoms with van der Waals surface area (Å²) in [5.41, 5.74) is 0. The van der Waals surface area contributed by atoms with E-state index in [2.05, 4.69) is 57.2 Å². The van der Waals surface area contributed by atoms with Crippen molar-refractivity contribution in [2.24, 2.45) is 0 Å². The Morgan fingerprint density at radius 1 is 0.317 bits per heavy atom. The molecule has 6 heteroatoms. The van der Waals surface area contributed by atoms with Crippen LogP contribution in [0.25, 0.3) is 0 Å². The first-order valence-corrected chi connectivity index (χ1v) is 27.5. The number of hydrogen-bond donors (Lipinski definition) is 0. The molecule has 0 aromatic rings. The lowest BCUT2D eigenvalue weighted by atomic mass is 10.0. The zero-order valence-electron chi connectivity index (χ0n) is 42.1. The fraction of sp³-hybridized carbons (Fsp3) is 0.842. The lowest BCUT2D eigenvalue weighted by molar-refractivity contribution is -0.167. The number of carbonyl (C=O) groups excluding carboxylic acids is 3. The van der Waals surface area contributed by atoms with E-state index in [1.807, 2.05) is 0 Å². The van der Waals surface area contributed by atoms with Gasteiger partial charge in [0.05, 0.1) is 0 Å². The van der Waals surface area contributed by atoms with Crippen molar-refractivity contribution in [2.45, 2.75) is 297 Å². The minimum Gasteiger partial charge on any atom is -0.462 e. The Labute approximate surface area is 391 Å². The molecular weight excluding hydrogens is 781 g/mol. The lowest BCUT2D eigenvalue weighted by Crippen LogP contribution is -2.30. The Morgan fingerprint density at radius 2 is 0.571 bits per heavy atom. The summed E-state index contributed by atoms with van der Waals surface area (Å²) in [7, 11) is 0. The molecule has 6 nitrogen and oxygen atoms in total. The van der Waals surface area contributed by atoms with E-state index < -0.39 is 6.10 Å². The number of esters is 3. The van der Waals surface area contributed by atoms with E-state index in [-0.39, 0.29) is 31.1 Å². The SMILES string of the molecule is CCCCCCC/C=C\C/C=C\C/C=C\CCCCCCCCCCC(=O)OCC(COC(=O)CCCCCCCCCC)OC(=O)CCCCCCCCCCCCCCCC. The number of unbranched alkanes of at least 4 members (excludes halogenated alkanes) is 33. The predicted octanol–water partition coefficient (Wildman–Crippen LogP) is 18.1. The van der Waals surface area contributed by atoms with Gasteiger partial charge in [-0.05, 0) is 57.8 Å². The summed E-state index contributed by atoms with van der Waals surface area (Å²) >= 11 is 0. The first kappa shape index (κ1) is 60.6. The van der Waals surface area contributed by atoms with E-state index in [0.29, 0.717) is 19.3 Å². The van der Waals surface area contributed by atoms with Crippen molar-refractivity contribution in [3.8, 4) is 0 Å². The molecule has 0 saturated heterocycles. The molecule has 368 valence electrons. The van der Waals surface area contributed by atoms with Crippen LogP contribution >= 0.6 is 0 Å². The zero-order valence-corrected chi connectivity index (χ0v) is 42.1. The Balaban J connectivity index is 4.21. The van der Waals surface area contributed by atoms with Gasteiger partial charge in [-0.15, -0.1) is 0 Å². The van der Waals surface area contributed by atoms with Crippen molar-refractivity contribution in [2.75, 3.05) is 13.2 Å². The minimum absolute atomic E-state index is 0.0707. The third-order valence-electron chi connectivity index (χ3n) is 12.1. The van der Waals surface area contributed by atoms with Gasteiger partial charge in [0.2, 0.25) is 0 Å². The first-order valence-electron chi connectivity index (χ1n) is 27.5. The van der Waals surface area contributed by atoms with Gasteiger partial charge in [0.1, 0.15) is 13.2 Å². The lowest BCUT2D eigenvalue weighted by Gasteiger charge is -2.18. The summed E-state index contributed by atoms with van der Waals surface area (Å²) < 4.78 is 16.8. The highest BCUT2D eigenvalue weighted by atomic mass is 16.6. The van der Waals surface area contributed by atoms with Crippen LogP contribution in [0.15, 0.2) is 36.5 Å². The van der Waals surface area contributed by atoms with Gasteiger partial charge in [-0.3, -0.25) is 14.4 Å². The highest BCUT2D eigenvalue weighted by Gasteiger charge is 2.19. The molecule has 0 bridgehead atoms. The molecule has 0 heterocycles. The highest BCUT2D eigenvalue weighted by Crippen LogP contribution is 2.16. The predicted molar refractivity (Wildman–Crippen MR) is 270 cm³/mol. The molecule has 0 N–H and O–H groups in total. The van der Waals surface area contributed by atoms with Gasteiger partial charge in [0, 0.05) is 19.3 Å². The van der Waals surface area contributed by atoms with Gasteiger partial charge in [-0.2, -0.15) is 0 Å². The van der Waals surface area contributed by atoms with Gasteiger partial charge < -0.3 is 14.2 Å². The van der Waals surface area contributed by atoms with E-state index in [1.54, 1.807) is 0 Å². The Hall–Kier alpha value is -2.37. The molecule has 0 aliphatic carbocycles. The highest BCUT2D eigenvalue weighted by molar-refractivity contribution is 5.71. The minimum atomic E-state index is -0.769. The monoisotopic (exact) mass is 885 g/mol. The van der Waals surface area contributed by atoms with E-state index in [9.17, 15) is 14.4 Å². The van der Waals surface area contributed by atoms with Crippen LogP contribution in [0.1, 0.15) is 290 Å². The molecule has 0 fully saturated rings. The van der Waals surface area contributed by atoms with E-state index >= 15 is 0 Å². The van der Waals surface area contributed by atoms with Gasteiger partial charge in [-0.25, -0.2) is 0 Å². The molecule has 0 radical (unpaired) electrons. The molecule has 0 aromatic carbocycles. The van der Waals surface area contributed by atoms with Crippen molar-refractivity contribution >= 4 is 17.9 Å². The Kier molecular flexibility index (Phi) is 50.3. The second kappa shape index (κ2) is 52.3. The van der Waals surface area contributed by atoms with Crippen LogP contribution in [0.2, 0.25) is 0 Å². The van der Waals surface area contributed by atoms with Crippen LogP contribution in [0, 0.1) is 0 Å². The maximum Gasteiger partial charge on any atom is 0.306 e. The topological polar surface area (TPSA) is 78.9 Å². The molecule has 0 spiro atoms. The molecule has 0 saturated carbocycles. The number of hydrogen-bond acceptors (Lipinski definition) is 6. The second-order valence-electron chi connectivity index (χ2n) is 18.5. The van der Waals surface area contributed by atoms with Crippen LogP contribution in [-0.2, 0) is 28.6 Å². The summed E-state index contributed by atoms with van der Waals surface area (Å²) in [6.07, 6.45) is 61.4. The summed E-state index contributed by atoms with van der Waals surface area (Å²) in [6, 6.07) is 0. The van der Waals surface area contributed by atoms with Crippen LogP contribution < -0.4 is 0 Å². The van der Waals surface area contributed by atoms with E-state index in [4.69, 9.17) is 14.2 Å². The maximum atomic E-state index is 12.8. The number of carbonyl (C=O) groups is 3. The molecule has 0 aliphatic heterocycles. The summed E-state index contributed by atoms with van der Waals surface area (Å²) in [4.78, 5) is 37.9. The van der Waals surface area contributed by atoms with Gasteiger partial charge in [0.15, 0.2) is 6.10 Å². The van der Waals surface area contributed by atoms with E-state index in [1.165, 1.54) is 173 Å². The second-order valence-corrected chi connectivity index (χ2v) is 18.5. The molecule has 0 rings (SSSR count). The van der Waals surface area contributed by atoms with Crippen molar-refractivity contribution < 1.29 is 28.6 Å². The van der Waals surface area contributed by atoms with Gasteiger partial charge in [0.25, 0.3) is 0 Å². The number of rotatable bonds is 50. The summed E-state index contributed by atoms with van der Waals surface area (Å²) in [6.45, 7) is 6.62. The van der Waals surface area contributed by atoms with Gasteiger partial charge in [-0.1, -0.05) is 250 Å². The molecule has 63 heavy (non-hydrogen) atoms. The largest absolute Gasteiger partial charge is 0.462 e. The standard InChI is InChI=1S/C57H104O6/c1-4-7-10-13-16-19-21-23-25-26-27-28-29-30-31-32-33-35-36-38-41-44-47-50-56(59)62-53-54(52-61-55(58)49-46-43-40-18-15-12-9-6-3)63-57(60)51-48-45-42-39-37-34-24-22-20-17-14-11-8-5-2/h21,23,26-27,29-30,54H,4-20,22,24-25,28,31-53H2,1-3H3/b23-21-,27-26-,30-29-. The smallest absolute Gasteiger partial charge is 0.306 e. The Morgan fingerprint density at radius 3 is 0.889 bits per heavy atom. The first-order chi connectivity index (χ1) is 31.0. The fourth-order valence-electron chi connectivity index (χ4n) is 7.98. The molecule has 0 aromatic heterocycles. The molecular formula is C57H104O6. The van der Waals surface area contributed by atoms with Crippen LogP contribution in [0.5, 0.6) is 0 Å². The molecule has 0 amide bonds. The summed E-state index contributed by atoms with van der Waals surface area (Å²) in [5, 5.41) is 0. The molecule has 0 aliphatic rings. The van der Waals surface area contributed by atoms with Crippen LogP contribution in [0.4, 0.5) is 0 Å². The van der Waals surface area contributed by atoms with Crippen LogP contribution in [-0.4, -0.2) is 37.2 Å². The normalized spacial score (nSPS) is 12.2. The number of allylic oxidation sites excluding steroid dienone is 6. The quantitative estimate of drug-likeness (QED) is 0.0262.